The number of hydrogen-bond acceptors (Lipinski definition) is 6. The summed E-state index contributed by atoms with van der Waals surface area (Å²) in [5, 5.41) is 8.71. The summed E-state index contributed by atoms with van der Waals surface area (Å²) in [6, 6.07) is 4.05. The van der Waals surface area contributed by atoms with Crippen molar-refractivity contribution in [3.8, 4) is 5.82 Å². The zero-order valence-corrected chi connectivity index (χ0v) is 12.9. The average Bonchev–Trinajstić information content (AvgIpc) is 3.09. The van der Waals surface area contributed by atoms with Crippen molar-refractivity contribution in [3.05, 3.63) is 46.6 Å². The van der Waals surface area contributed by atoms with Gasteiger partial charge in [-0.2, -0.15) is 5.10 Å². The number of rotatable bonds is 4. The SMILES string of the molecule is Cc1nc(C)c(C(C)Nc2cccnc2-n2cncn2)s1. The molecule has 1 N–H and O–H groups in total. The van der Waals surface area contributed by atoms with Crippen molar-refractivity contribution in [2.24, 2.45) is 0 Å². The molecule has 0 bridgehead atoms. The van der Waals surface area contributed by atoms with Crippen LogP contribution in [0.15, 0.2) is 31.0 Å². The van der Waals surface area contributed by atoms with Gasteiger partial charge in [-0.25, -0.2) is 19.6 Å². The van der Waals surface area contributed by atoms with Crippen LogP contribution in [0.2, 0.25) is 0 Å². The maximum Gasteiger partial charge on any atom is 0.178 e. The zero-order chi connectivity index (χ0) is 14.8. The monoisotopic (exact) mass is 300 g/mol. The van der Waals surface area contributed by atoms with Crippen LogP contribution in [0.4, 0.5) is 5.69 Å². The maximum absolute atomic E-state index is 4.48. The Morgan fingerprint density at radius 1 is 1.33 bits per heavy atom. The van der Waals surface area contributed by atoms with Crippen LogP contribution in [-0.2, 0) is 0 Å². The van der Waals surface area contributed by atoms with Crippen LogP contribution in [0.1, 0.15) is 28.5 Å². The highest BCUT2D eigenvalue weighted by atomic mass is 32.1. The molecule has 3 heterocycles. The highest BCUT2D eigenvalue weighted by molar-refractivity contribution is 7.11. The Morgan fingerprint density at radius 2 is 2.19 bits per heavy atom. The minimum atomic E-state index is 0.155. The van der Waals surface area contributed by atoms with Crippen LogP contribution in [0.5, 0.6) is 0 Å². The summed E-state index contributed by atoms with van der Waals surface area (Å²) in [5.74, 6) is 0.737. The van der Waals surface area contributed by atoms with Crippen molar-refractivity contribution in [3.63, 3.8) is 0 Å². The van der Waals surface area contributed by atoms with Gasteiger partial charge in [0.25, 0.3) is 0 Å². The second kappa shape index (κ2) is 5.61. The van der Waals surface area contributed by atoms with E-state index in [1.807, 2.05) is 26.0 Å². The molecule has 1 atom stereocenters. The van der Waals surface area contributed by atoms with Gasteiger partial charge < -0.3 is 5.32 Å². The smallest absolute Gasteiger partial charge is 0.178 e. The molecule has 0 saturated carbocycles. The van der Waals surface area contributed by atoms with Crippen molar-refractivity contribution in [2.45, 2.75) is 26.8 Å². The Labute approximate surface area is 126 Å². The van der Waals surface area contributed by atoms with Gasteiger partial charge in [0, 0.05) is 11.1 Å². The van der Waals surface area contributed by atoms with E-state index in [2.05, 4.69) is 32.3 Å². The molecule has 7 heteroatoms. The molecule has 3 aromatic heterocycles. The van der Waals surface area contributed by atoms with E-state index >= 15 is 0 Å². The molecular weight excluding hydrogens is 284 g/mol. The van der Waals surface area contributed by atoms with E-state index in [0.717, 1.165) is 22.2 Å². The molecule has 0 saturated heterocycles. The zero-order valence-electron chi connectivity index (χ0n) is 12.1. The maximum atomic E-state index is 4.48. The highest BCUT2D eigenvalue weighted by Crippen LogP contribution is 2.28. The summed E-state index contributed by atoms with van der Waals surface area (Å²) in [7, 11) is 0. The van der Waals surface area contributed by atoms with Crippen molar-refractivity contribution in [1.29, 1.82) is 0 Å². The number of nitrogens with one attached hydrogen (secondary N) is 1. The molecule has 1 unspecified atom stereocenters. The first-order chi connectivity index (χ1) is 10.1. The lowest BCUT2D eigenvalue weighted by Gasteiger charge is -2.16. The van der Waals surface area contributed by atoms with Crippen LogP contribution in [0, 0.1) is 13.8 Å². The van der Waals surface area contributed by atoms with Crippen molar-refractivity contribution >= 4 is 17.0 Å². The Kier molecular flexibility index (Phi) is 3.66. The van der Waals surface area contributed by atoms with Gasteiger partial charge in [-0.05, 0) is 32.9 Å². The fourth-order valence-corrected chi connectivity index (χ4v) is 3.19. The molecule has 0 amide bonds. The number of nitrogens with zero attached hydrogens (tertiary/aromatic N) is 5. The molecule has 0 aromatic carbocycles. The number of aromatic nitrogens is 5. The normalized spacial score (nSPS) is 12.3. The number of anilines is 1. The second-order valence-corrected chi connectivity index (χ2v) is 6.00. The van der Waals surface area contributed by atoms with Crippen LogP contribution in [0.25, 0.3) is 5.82 Å². The Morgan fingerprint density at radius 3 is 2.86 bits per heavy atom. The summed E-state index contributed by atoms with van der Waals surface area (Å²) in [6.45, 7) is 6.19. The first-order valence-electron chi connectivity index (χ1n) is 6.65. The molecule has 0 aliphatic carbocycles. The fourth-order valence-electron chi connectivity index (χ4n) is 2.26. The molecule has 108 valence electrons. The van der Waals surface area contributed by atoms with Crippen LogP contribution in [-0.4, -0.2) is 24.7 Å². The summed E-state index contributed by atoms with van der Waals surface area (Å²) >= 11 is 1.72. The summed E-state index contributed by atoms with van der Waals surface area (Å²) in [5.41, 5.74) is 1.99. The fraction of sp³-hybridized carbons (Fsp3) is 0.286. The van der Waals surface area contributed by atoms with E-state index in [4.69, 9.17) is 0 Å². The van der Waals surface area contributed by atoms with E-state index in [1.165, 1.54) is 11.2 Å². The molecule has 3 rings (SSSR count). The van der Waals surface area contributed by atoms with Gasteiger partial charge in [0.1, 0.15) is 12.7 Å². The third-order valence-corrected chi connectivity index (χ3v) is 4.38. The first kappa shape index (κ1) is 13.7. The molecule has 0 spiro atoms. The molecule has 21 heavy (non-hydrogen) atoms. The van der Waals surface area contributed by atoms with E-state index in [1.54, 1.807) is 28.5 Å². The molecule has 6 nitrogen and oxygen atoms in total. The molecular formula is C14H16N6S. The highest BCUT2D eigenvalue weighted by Gasteiger charge is 2.15. The Bertz CT molecular complexity index is 734. The second-order valence-electron chi connectivity index (χ2n) is 4.76. The lowest BCUT2D eigenvalue weighted by molar-refractivity contribution is 0.830. The first-order valence-corrected chi connectivity index (χ1v) is 7.47. The predicted octanol–water partition coefficient (Wildman–Crippen LogP) is 2.91. The predicted molar refractivity (Wildman–Crippen MR) is 82.8 cm³/mol. The standard InChI is InChI=1S/C14H16N6S/c1-9-13(21-11(3)18-9)10(2)19-12-5-4-6-16-14(12)20-8-15-7-17-20/h4-8,10,19H,1-3H3. The van der Waals surface area contributed by atoms with Gasteiger partial charge in [-0.1, -0.05) is 0 Å². The van der Waals surface area contributed by atoms with Crippen molar-refractivity contribution in [2.75, 3.05) is 5.32 Å². The van der Waals surface area contributed by atoms with Gasteiger partial charge in [0.05, 0.1) is 22.4 Å². The minimum absolute atomic E-state index is 0.155. The average molecular weight is 300 g/mol. The number of aryl methyl sites for hydroxylation is 2. The third kappa shape index (κ3) is 2.78. The van der Waals surface area contributed by atoms with Gasteiger partial charge >= 0.3 is 0 Å². The van der Waals surface area contributed by atoms with Crippen molar-refractivity contribution < 1.29 is 0 Å². The van der Waals surface area contributed by atoms with Crippen molar-refractivity contribution in [1.82, 2.24) is 24.7 Å². The van der Waals surface area contributed by atoms with Crippen LogP contribution < -0.4 is 5.32 Å². The largest absolute Gasteiger partial charge is 0.375 e. The van der Waals surface area contributed by atoms with Gasteiger partial charge in [-0.15, -0.1) is 11.3 Å². The molecule has 3 aromatic rings. The lowest BCUT2D eigenvalue weighted by Crippen LogP contribution is -2.10. The quantitative estimate of drug-likeness (QED) is 0.802. The third-order valence-electron chi connectivity index (χ3n) is 3.13. The minimum Gasteiger partial charge on any atom is -0.375 e. The summed E-state index contributed by atoms with van der Waals surface area (Å²) in [6.07, 6.45) is 4.88. The topological polar surface area (TPSA) is 68.5 Å². The molecule has 0 aliphatic rings. The van der Waals surface area contributed by atoms with Crippen LogP contribution >= 0.6 is 11.3 Å². The van der Waals surface area contributed by atoms with E-state index in [0.29, 0.717) is 0 Å². The Hall–Kier alpha value is -2.28. The molecule has 0 radical (unpaired) electrons. The number of hydrogen-bond donors (Lipinski definition) is 1. The lowest BCUT2D eigenvalue weighted by atomic mass is 10.2. The van der Waals surface area contributed by atoms with Crippen LogP contribution in [0.3, 0.4) is 0 Å². The summed E-state index contributed by atoms with van der Waals surface area (Å²) < 4.78 is 1.65. The van der Waals surface area contributed by atoms with Gasteiger partial charge in [0.15, 0.2) is 5.82 Å². The Balaban J connectivity index is 1.90. The van der Waals surface area contributed by atoms with Gasteiger partial charge in [-0.3, -0.25) is 0 Å². The van der Waals surface area contributed by atoms with E-state index < -0.39 is 0 Å². The molecule has 0 aliphatic heterocycles. The van der Waals surface area contributed by atoms with Gasteiger partial charge in [0.2, 0.25) is 0 Å². The van der Waals surface area contributed by atoms with E-state index in [9.17, 15) is 0 Å². The number of pyridine rings is 1. The summed E-state index contributed by atoms with van der Waals surface area (Å²) in [4.78, 5) is 14.1. The number of thiazole rings is 1. The van der Waals surface area contributed by atoms with E-state index in [-0.39, 0.29) is 6.04 Å². The molecule has 0 fully saturated rings.